The van der Waals surface area contributed by atoms with Crippen molar-refractivity contribution in [2.24, 2.45) is 5.73 Å². The largest absolute Gasteiger partial charge is 0.419 e. The van der Waals surface area contributed by atoms with E-state index >= 15 is 0 Å². The van der Waals surface area contributed by atoms with E-state index < -0.39 is 23.6 Å². The fourth-order valence-corrected chi connectivity index (χ4v) is 2.47. The topological polar surface area (TPSA) is 26.0 Å². The van der Waals surface area contributed by atoms with Gasteiger partial charge in [-0.2, -0.15) is 13.2 Å². The van der Waals surface area contributed by atoms with E-state index in [9.17, 15) is 17.6 Å². The standard InChI is InChI=1S/C12H9F4NS.ClH/c13-8-4-1-3-7(10(8)12(14,15)16)11(17)9-5-2-6-18-9;/h1-6,11H,17H2;1H/t11-;/m0./s1. The molecule has 2 rings (SSSR count). The van der Waals surface area contributed by atoms with Gasteiger partial charge >= 0.3 is 6.18 Å². The summed E-state index contributed by atoms with van der Waals surface area (Å²) in [7, 11) is 0. The molecule has 2 N–H and O–H groups in total. The second kappa shape index (κ2) is 5.90. The maximum absolute atomic E-state index is 13.4. The van der Waals surface area contributed by atoms with E-state index in [1.54, 1.807) is 17.5 Å². The van der Waals surface area contributed by atoms with Crippen molar-refractivity contribution in [2.45, 2.75) is 12.2 Å². The fourth-order valence-electron chi connectivity index (χ4n) is 1.72. The smallest absolute Gasteiger partial charge is 0.320 e. The van der Waals surface area contributed by atoms with Crippen LogP contribution in [-0.4, -0.2) is 0 Å². The second-order valence-corrected chi connectivity index (χ2v) is 4.67. The molecule has 2 aromatic rings. The van der Waals surface area contributed by atoms with E-state index in [1.165, 1.54) is 23.5 Å². The Hall–Kier alpha value is -1.11. The van der Waals surface area contributed by atoms with E-state index in [1.807, 2.05) is 0 Å². The van der Waals surface area contributed by atoms with Crippen LogP contribution in [0.4, 0.5) is 17.6 Å². The minimum Gasteiger partial charge on any atom is -0.320 e. The lowest BCUT2D eigenvalue weighted by Crippen LogP contribution is -2.19. The number of alkyl halides is 3. The minimum absolute atomic E-state index is 0. The zero-order valence-corrected chi connectivity index (χ0v) is 11.1. The lowest BCUT2D eigenvalue weighted by Gasteiger charge is -2.17. The number of benzene rings is 1. The highest BCUT2D eigenvalue weighted by atomic mass is 35.5. The van der Waals surface area contributed by atoms with Gasteiger partial charge in [0.05, 0.1) is 11.6 Å². The minimum atomic E-state index is -4.75. The number of rotatable bonds is 2. The molecule has 0 spiro atoms. The van der Waals surface area contributed by atoms with Gasteiger partial charge in [-0.05, 0) is 23.1 Å². The highest BCUT2D eigenvalue weighted by molar-refractivity contribution is 7.10. The van der Waals surface area contributed by atoms with Crippen LogP contribution < -0.4 is 5.73 Å². The molecule has 1 atom stereocenters. The Morgan fingerprint density at radius 2 is 1.79 bits per heavy atom. The van der Waals surface area contributed by atoms with Crippen molar-refractivity contribution in [3.05, 3.63) is 57.5 Å². The van der Waals surface area contributed by atoms with Gasteiger partial charge in [-0.3, -0.25) is 0 Å². The molecule has 0 bridgehead atoms. The molecule has 104 valence electrons. The first kappa shape index (κ1) is 15.9. The van der Waals surface area contributed by atoms with Gasteiger partial charge in [-0.1, -0.05) is 18.2 Å². The number of hydrogen-bond acceptors (Lipinski definition) is 2. The van der Waals surface area contributed by atoms with Crippen LogP contribution in [0.25, 0.3) is 0 Å². The molecule has 1 nitrogen and oxygen atoms in total. The van der Waals surface area contributed by atoms with Crippen LogP contribution in [-0.2, 0) is 6.18 Å². The average molecular weight is 312 g/mol. The van der Waals surface area contributed by atoms with Crippen molar-refractivity contribution in [2.75, 3.05) is 0 Å². The summed E-state index contributed by atoms with van der Waals surface area (Å²) in [6, 6.07) is 5.56. The van der Waals surface area contributed by atoms with Crippen LogP contribution in [0.15, 0.2) is 35.7 Å². The van der Waals surface area contributed by atoms with Crippen LogP contribution in [0.3, 0.4) is 0 Å². The number of hydrogen-bond donors (Lipinski definition) is 1. The third kappa shape index (κ3) is 3.26. The van der Waals surface area contributed by atoms with Crippen molar-refractivity contribution in [1.82, 2.24) is 0 Å². The second-order valence-electron chi connectivity index (χ2n) is 3.69. The molecule has 1 heterocycles. The Balaban J connectivity index is 0.00000180. The molecule has 7 heteroatoms. The van der Waals surface area contributed by atoms with Crippen LogP contribution in [0.2, 0.25) is 0 Å². The van der Waals surface area contributed by atoms with Crippen LogP contribution >= 0.6 is 23.7 Å². The molecule has 0 aliphatic rings. The van der Waals surface area contributed by atoms with Gasteiger partial charge in [-0.25, -0.2) is 4.39 Å². The molecule has 0 aliphatic carbocycles. The van der Waals surface area contributed by atoms with E-state index in [2.05, 4.69) is 0 Å². The van der Waals surface area contributed by atoms with Crippen molar-refractivity contribution in [3.8, 4) is 0 Å². The molecule has 0 fully saturated rings. The van der Waals surface area contributed by atoms with E-state index in [4.69, 9.17) is 5.73 Å². The highest BCUT2D eigenvalue weighted by Crippen LogP contribution is 2.38. The molecule has 0 unspecified atom stereocenters. The average Bonchev–Trinajstić information content (AvgIpc) is 2.79. The Morgan fingerprint density at radius 3 is 2.32 bits per heavy atom. The molecule has 0 aliphatic heterocycles. The number of nitrogens with two attached hydrogens (primary N) is 1. The van der Waals surface area contributed by atoms with Gasteiger partial charge in [0.25, 0.3) is 0 Å². The van der Waals surface area contributed by atoms with Gasteiger partial charge in [-0.15, -0.1) is 23.7 Å². The molecule has 0 saturated heterocycles. The van der Waals surface area contributed by atoms with Gasteiger partial charge in [0.1, 0.15) is 5.82 Å². The van der Waals surface area contributed by atoms with Crippen LogP contribution in [0.1, 0.15) is 22.0 Å². The normalized spacial score (nSPS) is 12.9. The summed E-state index contributed by atoms with van der Waals surface area (Å²) in [6.07, 6.45) is -4.75. The summed E-state index contributed by atoms with van der Waals surface area (Å²) >= 11 is 1.24. The molecule has 19 heavy (non-hydrogen) atoms. The monoisotopic (exact) mass is 311 g/mol. The Bertz CT molecular complexity index is 539. The first-order valence-electron chi connectivity index (χ1n) is 5.06. The van der Waals surface area contributed by atoms with Crippen molar-refractivity contribution in [3.63, 3.8) is 0 Å². The molecule has 0 radical (unpaired) electrons. The summed E-state index contributed by atoms with van der Waals surface area (Å²) in [4.78, 5) is 0.561. The van der Waals surface area contributed by atoms with Gasteiger partial charge in [0.15, 0.2) is 0 Å². The van der Waals surface area contributed by atoms with Crippen molar-refractivity contribution in [1.29, 1.82) is 0 Å². The summed E-state index contributed by atoms with van der Waals surface area (Å²) < 4.78 is 51.8. The zero-order chi connectivity index (χ0) is 13.3. The Labute approximate surface area is 117 Å². The quantitative estimate of drug-likeness (QED) is 0.819. The first-order chi connectivity index (χ1) is 8.41. The molecule has 0 amide bonds. The molecular weight excluding hydrogens is 302 g/mol. The van der Waals surface area contributed by atoms with Gasteiger partial charge < -0.3 is 5.73 Å². The van der Waals surface area contributed by atoms with Gasteiger partial charge in [0.2, 0.25) is 0 Å². The van der Waals surface area contributed by atoms with E-state index in [-0.39, 0.29) is 18.0 Å². The van der Waals surface area contributed by atoms with Crippen LogP contribution in [0, 0.1) is 5.82 Å². The first-order valence-corrected chi connectivity index (χ1v) is 5.94. The van der Waals surface area contributed by atoms with E-state index in [0.29, 0.717) is 4.88 Å². The third-order valence-electron chi connectivity index (χ3n) is 2.51. The summed E-state index contributed by atoms with van der Waals surface area (Å²) in [6.45, 7) is 0. The molecule has 1 aromatic carbocycles. The molecule has 1 aromatic heterocycles. The fraction of sp³-hybridized carbons (Fsp3) is 0.167. The summed E-state index contributed by atoms with van der Waals surface area (Å²) in [5.41, 5.74) is 4.24. The maximum Gasteiger partial charge on any atom is 0.419 e. The maximum atomic E-state index is 13.4. The number of halogens is 5. The SMILES string of the molecule is Cl.N[C@H](c1cccs1)c1cccc(F)c1C(F)(F)F. The lowest BCUT2D eigenvalue weighted by molar-refractivity contribution is -0.140. The molecular formula is C12H10ClF4NS. The number of thiophene rings is 1. The van der Waals surface area contributed by atoms with Gasteiger partial charge in [0, 0.05) is 4.88 Å². The predicted molar refractivity (Wildman–Crippen MR) is 69.0 cm³/mol. The Kier molecular flexibility index (Phi) is 4.95. The highest BCUT2D eigenvalue weighted by Gasteiger charge is 2.38. The van der Waals surface area contributed by atoms with Crippen molar-refractivity contribution >= 4 is 23.7 Å². The predicted octanol–water partition coefficient (Wildman–Crippen LogP) is 4.38. The summed E-state index contributed by atoms with van der Waals surface area (Å²) in [5.74, 6) is -1.30. The lowest BCUT2D eigenvalue weighted by atomic mass is 9.99. The van der Waals surface area contributed by atoms with Crippen LogP contribution in [0.5, 0.6) is 0 Å². The third-order valence-corrected chi connectivity index (χ3v) is 3.47. The molecule has 0 saturated carbocycles. The van der Waals surface area contributed by atoms with E-state index in [0.717, 1.165) is 6.07 Å². The summed E-state index contributed by atoms with van der Waals surface area (Å²) in [5, 5.41) is 1.71. The zero-order valence-electron chi connectivity index (χ0n) is 9.45. The Morgan fingerprint density at radius 1 is 1.11 bits per heavy atom. The van der Waals surface area contributed by atoms with Crippen molar-refractivity contribution < 1.29 is 17.6 Å².